The smallest absolute Gasteiger partial charge is 0.307 e. The second-order valence-electron chi connectivity index (χ2n) is 7.62. The lowest BCUT2D eigenvalue weighted by Gasteiger charge is -2.36. The van der Waals surface area contributed by atoms with Crippen LogP contribution in [0.2, 0.25) is 0 Å². The van der Waals surface area contributed by atoms with Gasteiger partial charge in [0.15, 0.2) is 17.3 Å². The number of aromatic nitrogens is 2. The quantitative estimate of drug-likeness (QED) is 0.622. The fourth-order valence-electron chi connectivity index (χ4n) is 3.73. The first-order valence-corrected chi connectivity index (χ1v) is 9.82. The molecule has 158 valence electrons. The molecule has 0 bridgehead atoms. The van der Waals surface area contributed by atoms with Gasteiger partial charge in [0.05, 0.1) is 34.3 Å². The van der Waals surface area contributed by atoms with Gasteiger partial charge in [-0.1, -0.05) is 19.0 Å². The van der Waals surface area contributed by atoms with Gasteiger partial charge in [-0.3, -0.25) is 9.69 Å². The Morgan fingerprint density at radius 1 is 1.24 bits per heavy atom. The van der Waals surface area contributed by atoms with Gasteiger partial charge in [-0.15, -0.1) is 0 Å². The third-order valence-electron chi connectivity index (χ3n) is 5.14. The van der Waals surface area contributed by atoms with Crippen molar-refractivity contribution in [1.29, 1.82) is 0 Å². The van der Waals surface area contributed by atoms with Crippen LogP contribution in [-0.2, 0) is 28.9 Å². The summed E-state index contributed by atoms with van der Waals surface area (Å²) >= 11 is 0. The number of hydrogen-bond acceptors (Lipinski definition) is 8. The molecule has 0 N–H and O–H groups in total. The highest BCUT2D eigenvalue weighted by Gasteiger charge is 2.32. The SMILES string of the molecule is COC(=O)C[C@@H]1c2cc(OC)c(OC)cc2CCN1Cc1nc(CC(C)C)no1. The molecule has 0 spiro atoms. The van der Waals surface area contributed by atoms with Crippen LogP contribution >= 0.6 is 0 Å². The summed E-state index contributed by atoms with van der Waals surface area (Å²) in [6.07, 6.45) is 1.82. The van der Waals surface area contributed by atoms with Crippen LogP contribution in [0.1, 0.15) is 49.2 Å². The molecule has 1 aromatic heterocycles. The fraction of sp³-hybridized carbons (Fsp3) is 0.571. The highest BCUT2D eigenvalue weighted by atomic mass is 16.5. The summed E-state index contributed by atoms with van der Waals surface area (Å²) in [7, 11) is 4.63. The monoisotopic (exact) mass is 403 g/mol. The first-order chi connectivity index (χ1) is 13.9. The maximum atomic E-state index is 12.1. The van der Waals surface area contributed by atoms with Crippen molar-refractivity contribution < 1.29 is 23.5 Å². The van der Waals surface area contributed by atoms with Crippen LogP contribution in [0.15, 0.2) is 16.7 Å². The van der Waals surface area contributed by atoms with Gasteiger partial charge in [0.25, 0.3) is 0 Å². The van der Waals surface area contributed by atoms with E-state index in [1.165, 1.54) is 7.11 Å². The van der Waals surface area contributed by atoms with Crippen molar-refractivity contribution in [3.05, 3.63) is 35.0 Å². The van der Waals surface area contributed by atoms with Crippen molar-refractivity contribution >= 4 is 5.97 Å². The average Bonchev–Trinajstić information content (AvgIpc) is 3.14. The molecule has 1 aliphatic heterocycles. The van der Waals surface area contributed by atoms with Crippen molar-refractivity contribution in [2.45, 2.75) is 45.7 Å². The van der Waals surface area contributed by atoms with Crippen molar-refractivity contribution in [2.24, 2.45) is 5.92 Å². The summed E-state index contributed by atoms with van der Waals surface area (Å²) in [6, 6.07) is 3.77. The zero-order valence-corrected chi connectivity index (χ0v) is 17.7. The molecule has 0 unspecified atom stereocenters. The van der Waals surface area contributed by atoms with Gasteiger partial charge in [-0.05, 0) is 35.6 Å². The Hall–Kier alpha value is -2.61. The summed E-state index contributed by atoms with van der Waals surface area (Å²) in [5.41, 5.74) is 2.17. The lowest BCUT2D eigenvalue weighted by atomic mass is 9.90. The number of ether oxygens (including phenoxy) is 3. The summed E-state index contributed by atoms with van der Waals surface area (Å²) < 4.78 is 21.3. The van der Waals surface area contributed by atoms with Gasteiger partial charge in [-0.2, -0.15) is 4.98 Å². The minimum atomic E-state index is -0.270. The van der Waals surface area contributed by atoms with Crippen LogP contribution in [0.3, 0.4) is 0 Å². The van der Waals surface area contributed by atoms with E-state index in [2.05, 4.69) is 28.9 Å². The molecule has 0 amide bonds. The van der Waals surface area contributed by atoms with Gasteiger partial charge in [0, 0.05) is 19.0 Å². The molecule has 1 aliphatic rings. The normalized spacial score (nSPS) is 16.6. The predicted molar refractivity (Wildman–Crippen MR) is 106 cm³/mol. The second-order valence-corrected chi connectivity index (χ2v) is 7.62. The van der Waals surface area contributed by atoms with Crippen LogP contribution in [0.25, 0.3) is 0 Å². The van der Waals surface area contributed by atoms with Gasteiger partial charge < -0.3 is 18.7 Å². The summed E-state index contributed by atoms with van der Waals surface area (Å²) in [5, 5.41) is 4.08. The van der Waals surface area contributed by atoms with Gasteiger partial charge >= 0.3 is 5.97 Å². The van der Waals surface area contributed by atoms with Crippen molar-refractivity contribution in [1.82, 2.24) is 15.0 Å². The number of esters is 1. The van der Waals surface area contributed by atoms with E-state index in [1.807, 2.05) is 12.1 Å². The molecule has 29 heavy (non-hydrogen) atoms. The van der Waals surface area contributed by atoms with Crippen LogP contribution in [-0.4, -0.2) is 48.9 Å². The van der Waals surface area contributed by atoms with E-state index < -0.39 is 0 Å². The van der Waals surface area contributed by atoms with E-state index in [0.29, 0.717) is 35.7 Å². The Balaban J connectivity index is 1.89. The third-order valence-corrected chi connectivity index (χ3v) is 5.14. The molecule has 2 heterocycles. The Kier molecular flexibility index (Phi) is 6.74. The van der Waals surface area contributed by atoms with E-state index in [0.717, 1.165) is 30.5 Å². The highest BCUT2D eigenvalue weighted by molar-refractivity contribution is 5.70. The third kappa shape index (κ3) is 4.87. The number of rotatable bonds is 8. The molecule has 1 atom stereocenters. The molecule has 0 saturated carbocycles. The lowest BCUT2D eigenvalue weighted by Crippen LogP contribution is -2.36. The molecule has 1 aromatic carbocycles. The number of nitrogens with zero attached hydrogens (tertiary/aromatic N) is 3. The van der Waals surface area contributed by atoms with Crippen LogP contribution < -0.4 is 9.47 Å². The van der Waals surface area contributed by atoms with Crippen molar-refractivity contribution in [3.8, 4) is 11.5 Å². The fourth-order valence-corrected chi connectivity index (χ4v) is 3.73. The predicted octanol–water partition coefficient (Wildman–Crippen LogP) is 2.95. The molecule has 0 aliphatic carbocycles. The standard InChI is InChI=1S/C21H29N3O5/c1-13(2)8-19-22-20(29-23-19)12-24-7-6-14-9-17(26-3)18(27-4)10-15(14)16(24)11-21(25)28-5/h9-10,13,16H,6-8,11-12H2,1-5H3/t16-/m1/s1. The zero-order valence-electron chi connectivity index (χ0n) is 17.7. The molecule has 0 saturated heterocycles. The van der Waals surface area contributed by atoms with E-state index in [9.17, 15) is 4.79 Å². The first-order valence-electron chi connectivity index (χ1n) is 9.82. The summed E-state index contributed by atoms with van der Waals surface area (Å²) in [5.74, 6) is 2.78. The molecule has 0 radical (unpaired) electrons. The lowest BCUT2D eigenvalue weighted by molar-refractivity contribution is -0.142. The maximum absolute atomic E-state index is 12.1. The minimum Gasteiger partial charge on any atom is -0.493 e. The summed E-state index contributed by atoms with van der Waals surface area (Å²) in [6.45, 7) is 5.46. The Morgan fingerprint density at radius 3 is 2.62 bits per heavy atom. The van der Waals surface area contributed by atoms with Crippen molar-refractivity contribution in [3.63, 3.8) is 0 Å². The van der Waals surface area contributed by atoms with Gasteiger partial charge in [0.1, 0.15) is 0 Å². The van der Waals surface area contributed by atoms with E-state index in [1.54, 1.807) is 14.2 Å². The molecule has 8 heteroatoms. The first kappa shape index (κ1) is 21.1. The molecule has 0 fully saturated rings. The Morgan fingerprint density at radius 2 is 1.97 bits per heavy atom. The second kappa shape index (κ2) is 9.26. The number of carbonyl (C=O) groups excluding carboxylic acids is 1. The topological polar surface area (TPSA) is 86.9 Å². The maximum Gasteiger partial charge on any atom is 0.307 e. The number of hydrogen-bond donors (Lipinski definition) is 0. The number of benzene rings is 1. The molecule has 8 nitrogen and oxygen atoms in total. The number of fused-ring (bicyclic) bond motifs is 1. The van der Waals surface area contributed by atoms with Gasteiger partial charge in [0.2, 0.25) is 5.89 Å². The van der Waals surface area contributed by atoms with Gasteiger partial charge in [-0.25, -0.2) is 0 Å². The van der Waals surface area contributed by atoms with Crippen molar-refractivity contribution in [2.75, 3.05) is 27.9 Å². The highest BCUT2D eigenvalue weighted by Crippen LogP contribution is 2.40. The zero-order chi connectivity index (χ0) is 21.0. The van der Waals surface area contributed by atoms with Crippen LogP contribution in [0.5, 0.6) is 11.5 Å². The van der Waals surface area contributed by atoms with E-state index in [-0.39, 0.29) is 18.4 Å². The molecular formula is C21H29N3O5. The van der Waals surface area contributed by atoms with E-state index >= 15 is 0 Å². The minimum absolute atomic E-state index is 0.175. The molecular weight excluding hydrogens is 374 g/mol. The van der Waals surface area contributed by atoms with Crippen LogP contribution in [0, 0.1) is 5.92 Å². The molecule has 2 aromatic rings. The number of methoxy groups -OCH3 is 3. The van der Waals surface area contributed by atoms with Crippen LogP contribution in [0.4, 0.5) is 0 Å². The number of carbonyl (C=O) groups is 1. The largest absolute Gasteiger partial charge is 0.493 e. The average molecular weight is 403 g/mol. The van der Waals surface area contributed by atoms with E-state index in [4.69, 9.17) is 18.7 Å². The Bertz CT molecular complexity index is 849. The Labute approximate surface area is 171 Å². The summed E-state index contributed by atoms with van der Waals surface area (Å²) in [4.78, 5) is 18.8. The molecule has 3 rings (SSSR count).